The molecule has 0 spiro atoms. The second-order valence-corrected chi connectivity index (χ2v) is 7.55. The van der Waals surface area contributed by atoms with Crippen LogP contribution in [0.4, 0.5) is 0 Å². The van der Waals surface area contributed by atoms with E-state index in [4.69, 9.17) is 21.1 Å². The van der Waals surface area contributed by atoms with E-state index in [1.165, 1.54) is 38.2 Å². The first-order valence-corrected chi connectivity index (χ1v) is 10.6. The molecule has 0 N–H and O–H groups in total. The zero-order chi connectivity index (χ0) is 21.1. The summed E-state index contributed by atoms with van der Waals surface area (Å²) >= 11 is 5.99. The molecule has 0 bridgehead atoms. The molecule has 29 heavy (non-hydrogen) atoms. The quantitative estimate of drug-likeness (QED) is 0.230. The van der Waals surface area contributed by atoms with Gasteiger partial charge in [0.05, 0.1) is 17.7 Å². The molecule has 0 amide bonds. The Morgan fingerprint density at radius 3 is 2.21 bits per heavy atom. The average molecular weight is 417 g/mol. The molecule has 156 valence electrons. The number of halogens is 1. The molecule has 2 aromatic carbocycles. The highest BCUT2D eigenvalue weighted by atomic mass is 35.5. The summed E-state index contributed by atoms with van der Waals surface area (Å²) in [5, 5.41) is 0.607. The lowest BCUT2D eigenvalue weighted by atomic mass is 10.1. The molecule has 2 aromatic rings. The van der Waals surface area contributed by atoms with E-state index in [1.807, 2.05) is 6.92 Å². The van der Waals surface area contributed by atoms with E-state index in [0.29, 0.717) is 28.5 Å². The fraction of sp³-hybridized carbons (Fsp3) is 0.417. The van der Waals surface area contributed by atoms with Crippen molar-refractivity contribution in [2.24, 2.45) is 0 Å². The van der Waals surface area contributed by atoms with Crippen LogP contribution < -0.4 is 4.74 Å². The van der Waals surface area contributed by atoms with Crippen LogP contribution in [0.1, 0.15) is 78.1 Å². The zero-order valence-corrected chi connectivity index (χ0v) is 18.0. The van der Waals surface area contributed by atoms with Crippen molar-refractivity contribution in [2.75, 3.05) is 6.61 Å². The molecule has 0 heterocycles. The molecule has 0 unspecified atom stereocenters. The number of hydrogen-bond donors (Lipinski definition) is 0. The molecule has 4 nitrogen and oxygen atoms in total. The van der Waals surface area contributed by atoms with E-state index >= 15 is 0 Å². The zero-order valence-electron chi connectivity index (χ0n) is 17.2. The van der Waals surface area contributed by atoms with Crippen molar-refractivity contribution in [2.45, 2.75) is 58.8 Å². The minimum atomic E-state index is -0.534. The average Bonchev–Trinajstić information content (AvgIpc) is 2.72. The minimum absolute atomic E-state index is 0.294. The Balaban J connectivity index is 1.82. The number of rotatable bonds is 11. The number of hydrogen-bond acceptors (Lipinski definition) is 4. The van der Waals surface area contributed by atoms with Crippen molar-refractivity contribution >= 4 is 23.5 Å². The summed E-state index contributed by atoms with van der Waals surface area (Å²) in [7, 11) is 0. The Bertz CT molecular complexity index is 816. The van der Waals surface area contributed by atoms with Gasteiger partial charge in [-0.3, -0.25) is 0 Å². The highest BCUT2D eigenvalue weighted by molar-refractivity contribution is 6.31. The summed E-state index contributed by atoms with van der Waals surface area (Å²) < 4.78 is 10.7. The second kappa shape index (κ2) is 12.3. The predicted octanol–water partition coefficient (Wildman–Crippen LogP) is 6.78. The molecule has 0 radical (unpaired) electrons. The van der Waals surface area contributed by atoms with Gasteiger partial charge < -0.3 is 9.47 Å². The number of unbranched alkanes of at least 4 members (excludes halogenated alkanes) is 6. The third kappa shape index (κ3) is 7.90. The molecule has 0 aliphatic carbocycles. The van der Waals surface area contributed by atoms with Crippen LogP contribution in [-0.2, 0) is 4.74 Å². The minimum Gasteiger partial charge on any atom is -0.462 e. The first-order valence-electron chi connectivity index (χ1n) is 10.3. The van der Waals surface area contributed by atoms with Crippen LogP contribution in [0, 0.1) is 6.92 Å². The Morgan fingerprint density at radius 1 is 0.862 bits per heavy atom. The van der Waals surface area contributed by atoms with Crippen molar-refractivity contribution in [1.29, 1.82) is 0 Å². The van der Waals surface area contributed by atoms with Gasteiger partial charge in [0.15, 0.2) is 0 Å². The van der Waals surface area contributed by atoms with Crippen LogP contribution in [0.25, 0.3) is 0 Å². The van der Waals surface area contributed by atoms with Gasteiger partial charge >= 0.3 is 11.9 Å². The molecule has 0 aliphatic heterocycles. The number of ether oxygens (including phenoxy) is 2. The summed E-state index contributed by atoms with van der Waals surface area (Å²) in [4.78, 5) is 24.6. The number of aryl methyl sites for hydroxylation is 1. The van der Waals surface area contributed by atoms with Crippen molar-refractivity contribution in [1.82, 2.24) is 0 Å². The van der Waals surface area contributed by atoms with E-state index < -0.39 is 11.9 Å². The van der Waals surface area contributed by atoms with Crippen LogP contribution in [0.2, 0.25) is 5.02 Å². The third-order valence-corrected chi connectivity index (χ3v) is 5.08. The maximum atomic E-state index is 12.4. The van der Waals surface area contributed by atoms with E-state index in [2.05, 4.69) is 6.92 Å². The summed E-state index contributed by atoms with van der Waals surface area (Å²) in [6, 6.07) is 11.4. The summed E-state index contributed by atoms with van der Waals surface area (Å²) in [5.41, 5.74) is 1.46. The van der Waals surface area contributed by atoms with Crippen LogP contribution in [0.5, 0.6) is 5.75 Å². The lowest BCUT2D eigenvalue weighted by Gasteiger charge is -2.08. The molecule has 0 saturated heterocycles. The predicted molar refractivity (Wildman–Crippen MR) is 116 cm³/mol. The first-order chi connectivity index (χ1) is 14.0. The number of carbonyl (C=O) groups is 2. The van der Waals surface area contributed by atoms with E-state index in [0.717, 1.165) is 18.4 Å². The number of esters is 2. The van der Waals surface area contributed by atoms with Gasteiger partial charge in [-0.2, -0.15) is 0 Å². The van der Waals surface area contributed by atoms with Crippen molar-refractivity contribution in [3.05, 3.63) is 64.2 Å². The topological polar surface area (TPSA) is 52.6 Å². The first kappa shape index (κ1) is 23.0. The summed E-state index contributed by atoms with van der Waals surface area (Å²) in [6.07, 6.45) is 8.12. The highest BCUT2D eigenvalue weighted by Gasteiger charge is 2.13. The van der Waals surface area contributed by atoms with Crippen LogP contribution >= 0.6 is 11.6 Å². The van der Waals surface area contributed by atoms with Gasteiger partial charge in [0.25, 0.3) is 0 Å². The van der Waals surface area contributed by atoms with Gasteiger partial charge in [0.1, 0.15) is 5.75 Å². The van der Waals surface area contributed by atoms with Crippen molar-refractivity contribution in [3.8, 4) is 5.75 Å². The van der Waals surface area contributed by atoms with Crippen LogP contribution in [0.15, 0.2) is 42.5 Å². The second-order valence-electron chi connectivity index (χ2n) is 7.14. The molecule has 0 aliphatic rings. The largest absolute Gasteiger partial charge is 0.462 e. The Morgan fingerprint density at radius 2 is 1.52 bits per heavy atom. The fourth-order valence-corrected chi connectivity index (χ4v) is 3.04. The van der Waals surface area contributed by atoms with Gasteiger partial charge in [-0.05, 0) is 55.3 Å². The Hall–Kier alpha value is -2.33. The lowest BCUT2D eigenvalue weighted by Crippen LogP contribution is -2.11. The molecule has 0 atom stereocenters. The van der Waals surface area contributed by atoms with Crippen LogP contribution in [-0.4, -0.2) is 18.5 Å². The SMILES string of the molecule is CCCCCCCCCOC(=O)c1cccc(C(=O)Oc2ccc(Cl)c(C)c2)c1. The van der Waals surface area contributed by atoms with Crippen molar-refractivity contribution < 1.29 is 19.1 Å². The maximum absolute atomic E-state index is 12.4. The highest BCUT2D eigenvalue weighted by Crippen LogP contribution is 2.22. The molecule has 0 aromatic heterocycles. The number of benzene rings is 2. The van der Waals surface area contributed by atoms with Gasteiger partial charge in [0.2, 0.25) is 0 Å². The van der Waals surface area contributed by atoms with Gasteiger partial charge in [0, 0.05) is 5.02 Å². The molecular formula is C24H29ClO4. The smallest absolute Gasteiger partial charge is 0.343 e. The van der Waals surface area contributed by atoms with Gasteiger partial charge in [-0.25, -0.2) is 9.59 Å². The summed E-state index contributed by atoms with van der Waals surface area (Å²) in [6.45, 7) is 4.43. The van der Waals surface area contributed by atoms with Crippen molar-refractivity contribution in [3.63, 3.8) is 0 Å². The standard InChI is InChI=1S/C24H29ClO4/c1-3-4-5-6-7-8-9-15-28-23(26)19-11-10-12-20(17-19)24(27)29-21-13-14-22(25)18(2)16-21/h10-14,16-17H,3-9,15H2,1-2H3. The number of carbonyl (C=O) groups excluding carboxylic acids is 2. The Kier molecular flexibility index (Phi) is 9.72. The van der Waals surface area contributed by atoms with Gasteiger partial charge in [-0.15, -0.1) is 0 Å². The molecule has 2 rings (SSSR count). The van der Waals surface area contributed by atoms with E-state index in [1.54, 1.807) is 36.4 Å². The maximum Gasteiger partial charge on any atom is 0.343 e. The van der Waals surface area contributed by atoms with E-state index in [9.17, 15) is 9.59 Å². The fourth-order valence-electron chi connectivity index (χ4n) is 2.93. The van der Waals surface area contributed by atoms with E-state index in [-0.39, 0.29) is 0 Å². The molecule has 0 saturated carbocycles. The normalized spacial score (nSPS) is 10.6. The van der Waals surface area contributed by atoms with Gasteiger partial charge in [-0.1, -0.05) is 63.1 Å². The van der Waals surface area contributed by atoms with Crippen LogP contribution in [0.3, 0.4) is 0 Å². The monoisotopic (exact) mass is 416 g/mol. The summed E-state index contributed by atoms with van der Waals surface area (Å²) in [5.74, 6) is -0.551. The molecule has 5 heteroatoms. The lowest BCUT2D eigenvalue weighted by molar-refractivity contribution is 0.0497. The third-order valence-electron chi connectivity index (χ3n) is 4.65. The Labute approximate surface area is 178 Å². The molecular weight excluding hydrogens is 388 g/mol. The molecule has 0 fully saturated rings.